The third-order valence-corrected chi connectivity index (χ3v) is 6.68. The number of hydrogen-bond donors (Lipinski definition) is 4. The Bertz CT molecular complexity index is 1400. The molecule has 6 N–H and O–H groups in total. The molecule has 0 atom stereocenters. The van der Waals surface area contributed by atoms with Gasteiger partial charge in [-0.05, 0) is 92.7 Å². The van der Waals surface area contributed by atoms with Gasteiger partial charge in [-0.25, -0.2) is 14.0 Å². The van der Waals surface area contributed by atoms with E-state index in [9.17, 15) is 23.6 Å². The molecular weight excluding hydrogens is 543 g/mol. The number of carboxylic acid groups (broad SMARTS) is 2. The van der Waals surface area contributed by atoms with Gasteiger partial charge in [-0.3, -0.25) is 9.59 Å². The van der Waals surface area contributed by atoms with Gasteiger partial charge in [0.25, 0.3) is 5.91 Å². The van der Waals surface area contributed by atoms with Crippen LogP contribution in [0.5, 0.6) is 0 Å². The van der Waals surface area contributed by atoms with Gasteiger partial charge in [0.1, 0.15) is 5.82 Å². The highest BCUT2D eigenvalue weighted by molar-refractivity contribution is 6.06. The van der Waals surface area contributed by atoms with Crippen molar-refractivity contribution in [2.75, 3.05) is 42.5 Å². The summed E-state index contributed by atoms with van der Waals surface area (Å²) in [5.74, 6) is -2.97. The number of carbonyl (C=O) groups is 4. The summed E-state index contributed by atoms with van der Waals surface area (Å²) in [5, 5.41) is 15.6. The number of nitrogens with two attached hydrogens (primary N) is 2. The molecule has 4 rings (SSSR count). The van der Waals surface area contributed by atoms with Crippen LogP contribution in [0.1, 0.15) is 33.6 Å². The van der Waals surface area contributed by atoms with Gasteiger partial charge in [0, 0.05) is 59.3 Å². The van der Waals surface area contributed by atoms with E-state index < -0.39 is 11.9 Å². The Balaban J connectivity index is 0.000000531. The van der Waals surface area contributed by atoms with Crippen LogP contribution < -0.4 is 16.4 Å². The summed E-state index contributed by atoms with van der Waals surface area (Å²) >= 11 is 0. The lowest BCUT2D eigenvalue weighted by Crippen LogP contribution is -2.42. The first-order valence-corrected chi connectivity index (χ1v) is 13.2. The lowest BCUT2D eigenvalue weighted by Gasteiger charge is -2.33. The number of nitrogens with zero attached hydrogens (tertiary/aromatic N) is 2. The van der Waals surface area contributed by atoms with Gasteiger partial charge in [-0.15, -0.1) is 0 Å². The largest absolute Gasteiger partial charge is 0.478 e. The fourth-order valence-electron chi connectivity index (χ4n) is 4.47. The Kier molecular flexibility index (Phi) is 11.3. The maximum Gasteiger partial charge on any atom is 0.328 e. The van der Waals surface area contributed by atoms with Gasteiger partial charge in [-0.2, -0.15) is 0 Å². The number of carbonyl (C=O) groups excluding carboxylic acids is 2. The van der Waals surface area contributed by atoms with E-state index in [1.807, 2.05) is 12.1 Å². The number of nitrogen functional groups attached to an aromatic ring is 2. The predicted molar refractivity (Wildman–Crippen MR) is 158 cm³/mol. The van der Waals surface area contributed by atoms with E-state index in [1.54, 1.807) is 53.4 Å². The first kappa shape index (κ1) is 31.5. The molecule has 3 aromatic rings. The van der Waals surface area contributed by atoms with Gasteiger partial charge in [0.15, 0.2) is 5.78 Å². The SMILES string of the molecule is Nc1ccc(C(=O)N(CCN2CCC(C(=O)c3ccc(F)cc3)CC2)c2cccc(N)c2)cc1.O=C(O)/C=C/C(=O)O. The van der Waals surface area contributed by atoms with E-state index in [0.717, 1.165) is 31.6 Å². The molecule has 1 aliphatic rings. The number of benzene rings is 3. The zero-order chi connectivity index (χ0) is 30.6. The lowest BCUT2D eigenvalue weighted by molar-refractivity contribution is -0.134. The van der Waals surface area contributed by atoms with Gasteiger partial charge in [0.2, 0.25) is 0 Å². The predicted octanol–water partition coefficient (Wildman–Crippen LogP) is 3.94. The Morgan fingerprint density at radius 2 is 1.40 bits per heavy atom. The summed E-state index contributed by atoms with van der Waals surface area (Å²) in [7, 11) is 0. The molecule has 10 nitrogen and oxygen atoms in total. The molecule has 11 heteroatoms. The quantitative estimate of drug-likeness (QED) is 0.168. The number of piperidine rings is 1. The van der Waals surface area contributed by atoms with Crippen molar-refractivity contribution in [1.29, 1.82) is 0 Å². The third kappa shape index (κ3) is 9.56. The van der Waals surface area contributed by atoms with Crippen molar-refractivity contribution in [1.82, 2.24) is 4.90 Å². The number of hydrogen-bond acceptors (Lipinski definition) is 7. The molecule has 0 unspecified atom stereocenters. The normalized spacial score (nSPS) is 13.6. The smallest absolute Gasteiger partial charge is 0.328 e. The minimum Gasteiger partial charge on any atom is -0.478 e. The number of likely N-dealkylation sites (tertiary alicyclic amines) is 1. The molecule has 1 aliphatic heterocycles. The molecule has 1 heterocycles. The summed E-state index contributed by atoms with van der Waals surface area (Å²) in [6.07, 6.45) is 2.59. The van der Waals surface area contributed by atoms with Crippen LogP contribution in [-0.4, -0.2) is 64.9 Å². The van der Waals surface area contributed by atoms with Crippen LogP contribution in [-0.2, 0) is 9.59 Å². The molecule has 3 aromatic carbocycles. The van der Waals surface area contributed by atoms with E-state index in [1.165, 1.54) is 12.1 Å². The minimum atomic E-state index is -1.26. The first-order chi connectivity index (χ1) is 20.0. The number of rotatable bonds is 9. The summed E-state index contributed by atoms with van der Waals surface area (Å²) in [6.45, 7) is 2.69. The van der Waals surface area contributed by atoms with Crippen LogP contribution in [0.15, 0.2) is 84.9 Å². The Hall–Kier alpha value is -5.03. The maximum absolute atomic E-state index is 13.3. The molecule has 42 heavy (non-hydrogen) atoms. The Morgan fingerprint density at radius 3 is 1.95 bits per heavy atom. The number of halogens is 1. The van der Waals surface area contributed by atoms with Crippen molar-refractivity contribution in [2.45, 2.75) is 12.8 Å². The second-order valence-electron chi connectivity index (χ2n) is 9.67. The highest BCUT2D eigenvalue weighted by Gasteiger charge is 2.27. The summed E-state index contributed by atoms with van der Waals surface area (Å²) in [5.41, 5.74) is 14.8. The summed E-state index contributed by atoms with van der Waals surface area (Å²) in [4.78, 5) is 49.2. The van der Waals surface area contributed by atoms with E-state index in [0.29, 0.717) is 47.7 Å². The van der Waals surface area contributed by atoms with Gasteiger partial charge < -0.3 is 31.5 Å². The number of aliphatic carboxylic acids is 2. The fraction of sp³-hybridized carbons (Fsp3) is 0.226. The molecule has 220 valence electrons. The second-order valence-corrected chi connectivity index (χ2v) is 9.67. The van der Waals surface area contributed by atoms with Crippen LogP contribution in [0.4, 0.5) is 21.5 Å². The topological polar surface area (TPSA) is 167 Å². The molecule has 0 bridgehead atoms. The second kappa shape index (κ2) is 15.1. The number of carboxylic acids is 2. The zero-order valence-electron chi connectivity index (χ0n) is 22.9. The van der Waals surface area contributed by atoms with E-state index in [2.05, 4.69) is 4.90 Å². The molecule has 0 aromatic heterocycles. The lowest BCUT2D eigenvalue weighted by atomic mass is 9.89. The van der Waals surface area contributed by atoms with E-state index in [-0.39, 0.29) is 23.4 Å². The highest BCUT2D eigenvalue weighted by Crippen LogP contribution is 2.24. The van der Waals surface area contributed by atoms with Crippen molar-refractivity contribution < 1.29 is 33.8 Å². The average Bonchev–Trinajstić information content (AvgIpc) is 2.97. The number of ketones is 1. The molecule has 1 amide bonds. The third-order valence-electron chi connectivity index (χ3n) is 6.68. The highest BCUT2D eigenvalue weighted by atomic mass is 19.1. The van der Waals surface area contributed by atoms with Crippen LogP contribution in [0.2, 0.25) is 0 Å². The Labute approximate surface area is 242 Å². The summed E-state index contributed by atoms with van der Waals surface area (Å²) < 4.78 is 13.2. The first-order valence-electron chi connectivity index (χ1n) is 13.2. The monoisotopic (exact) mass is 576 g/mol. The van der Waals surface area contributed by atoms with E-state index in [4.69, 9.17) is 21.7 Å². The van der Waals surface area contributed by atoms with Gasteiger partial charge in [0.05, 0.1) is 0 Å². The van der Waals surface area contributed by atoms with Crippen molar-refractivity contribution in [3.63, 3.8) is 0 Å². The van der Waals surface area contributed by atoms with Crippen molar-refractivity contribution >= 4 is 40.7 Å². The molecular formula is C31H33FN4O6. The Morgan fingerprint density at radius 1 is 0.833 bits per heavy atom. The zero-order valence-corrected chi connectivity index (χ0v) is 22.9. The number of Topliss-reactive ketones (excluding diaryl/α,β-unsaturated/α-hetero) is 1. The number of anilines is 3. The molecule has 1 fully saturated rings. The molecule has 1 saturated heterocycles. The van der Waals surface area contributed by atoms with Gasteiger partial charge in [-0.1, -0.05) is 6.07 Å². The molecule has 0 spiro atoms. The van der Waals surface area contributed by atoms with Gasteiger partial charge >= 0.3 is 11.9 Å². The van der Waals surface area contributed by atoms with Crippen molar-refractivity contribution in [3.05, 3.63) is 102 Å². The van der Waals surface area contributed by atoms with Crippen LogP contribution in [0.25, 0.3) is 0 Å². The minimum absolute atomic E-state index is 0.0665. The summed E-state index contributed by atoms with van der Waals surface area (Å²) in [6, 6.07) is 19.9. The van der Waals surface area contributed by atoms with Crippen LogP contribution >= 0.6 is 0 Å². The van der Waals surface area contributed by atoms with Crippen LogP contribution in [0.3, 0.4) is 0 Å². The molecule has 0 radical (unpaired) electrons. The number of amides is 1. The maximum atomic E-state index is 13.3. The van der Waals surface area contributed by atoms with E-state index >= 15 is 0 Å². The molecule has 0 aliphatic carbocycles. The standard InChI is InChI=1S/C27H29FN4O2.C4H4O4/c28-22-8-4-19(5-9-22)26(33)20-12-14-31(15-13-20)16-17-32(25-3-1-2-24(30)18-25)27(34)21-6-10-23(29)11-7-21;5-3(6)1-2-4(7)8/h1-11,18,20H,12-17,29-30H2;1-2H,(H,5,6)(H,7,8)/b;2-1+. The average molecular weight is 577 g/mol. The van der Waals surface area contributed by atoms with Crippen molar-refractivity contribution in [3.8, 4) is 0 Å². The molecule has 0 saturated carbocycles. The van der Waals surface area contributed by atoms with Crippen LogP contribution in [0, 0.1) is 11.7 Å². The van der Waals surface area contributed by atoms with Crippen molar-refractivity contribution in [2.24, 2.45) is 5.92 Å². The fourth-order valence-corrected chi connectivity index (χ4v) is 4.47.